The lowest BCUT2D eigenvalue weighted by molar-refractivity contribution is -0.161. The zero-order chi connectivity index (χ0) is 43.7. The van der Waals surface area contributed by atoms with E-state index in [0.717, 1.165) is 38.5 Å². The Morgan fingerprint density at radius 1 is 0.780 bits per heavy atom. The van der Waals surface area contributed by atoms with Crippen molar-refractivity contribution in [2.24, 2.45) is 17.6 Å². The number of ketones is 1. The van der Waals surface area contributed by atoms with E-state index in [1.807, 2.05) is 12.2 Å². The van der Waals surface area contributed by atoms with E-state index >= 15 is 0 Å². The number of carboxylic acid groups (broad SMARTS) is 1. The highest BCUT2D eigenvalue weighted by Crippen LogP contribution is 2.43. The third-order valence-corrected chi connectivity index (χ3v) is 11.5. The highest BCUT2D eigenvalue weighted by atomic mass is 31.2. The molecule has 1 aliphatic carbocycles. The van der Waals surface area contributed by atoms with E-state index < -0.39 is 75.8 Å². The quantitative estimate of drug-likeness (QED) is 0.0170. The monoisotopic (exact) mass is 860 g/mol. The molecule has 15 heteroatoms. The van der Waals surface area contributed by atoms with E-state index in [-0.39, 0.29) is 31.0 Å². The fraction of sp³-hybridized carbons (Fsp3) is 0.818. The maximum absolute atomic E-state index is 12.7. The van der Waals surface area contributed by atoms with E-state index in [4.69, 9.17) is 24.8 Å². The highest BCUT2D eigenvalue weighted by Gasteiger charge is 2.39. The summed E-state index contributed by atoms with van der Waals surface area (Å²) >= 11 is 0. The summed E-state index contributed by atoms with van der Waals surface area (Å²) in [5, 5.41) is 29.6. The Bertz CT molecular complexity index is 1260. The second-order valence-electron chi connectivity index (χ2n) is 16.0. The van der Waals surface area contributed by atoms with E-state index in [1.54, 1.807) is 12.2 Å². The fourth-order valence-corrected chi connectivity index (χ4v) is 7.71. The van der Waals surface area contributed by atoms with E-state index in [1.165, 1.54) is 70.6 Å². The molecule has 0 aliphatic heterocycles. The third-order valence-electron chi connectivity index (χ3n) is 10.6. The minimum atomic E-state index is -4.78. The van der Waals surface area contributed by atoms with Crippen molar-refractivity contribution in [1.82, 2.24) is 0 Å². The second kappa shape index (κ2) is 34.2. The highest BCUT2D eigenvalue weighted by molar-refractivity contribution is 7.47. The van der Waals surface area contributed by atoms with Gasteiger partial charge in [0, 0.05) is 31.1 Å². The summed E-state index contributed by atoms with van der Waals surface area (Å²) < 4.78 is 32.7. The van der Waals surface area contributed by atoms with Gasteiger partial charge in [-0.2, -0.15) is 0 Å². The summed E-state index contributed by atoms with van der Waals surface area (Å²) in [4.78, 5) is 58.7. The van der Waals surface area contributed by atoms with Crippen LogP contribution in [0.4, 0.5) is 0 Å². The summed E-state index contributed by atoms with van der Waals surface area (Å²) in [6.45, 7) is 2.44. The van der Waals surface area contributed by atoms with Crippen LogP contribution in [0.25, 0.3) is 0 Å². The number of carbonyl (C=O) groups is 4. The van der Waals surface area contributed by atoms with Crippen molar-refractivity contribution in [1.29, 1.82) is 0 Å². The standard InChI is InChI=1S/C44H78NO13P/c1-3-5-7-8-9-10-11-12-13-14-15-16-17-18-24-28-43(50)58-36(33-56-59(53,54)57-34-39(45)44(51)52)32-55-42(49)27-23-20-19-22-26-37-38(41(48)31-40(37)47)30-29-35(46)25-21-6-4-2/h19,22,29-30,35-40,46-47H,3-18,20-21,23-28,31-34,45H2,1-2H3,(H,51,52)(H,53,54)/b22-19-,30-29+/t35-,36+,37+,38+,39-,40-/m0/s1. The van der Waals surface area contributed by atoms with Crippen molar-refractivity contribution < 1.29 is 62.5 Å². The van der Waals surface area contributed by atoms with Gasteiger partial charge in [0.2, 0.25) is 0 Å². The fourth-order valence-electron chi connectivity index (χ4n) is 6.93. The van der Waals surface area contributed by atoms with Crippen LogP contribution in [0.2, 0.25) is 0 Å². The van der Waals surface area contributed by atoms with Gasteiger partial charge in [0.1, 0.15) is 18.4 Å². The van der Waals surface area contributed by atoms with Gasteiger partial charge in [-0.3, -0.25) is 28.2 Å². The minimum absolute atomic E-state index is 0.0332. The number of hydrogen-bond acceptors (Lipinski definition) is 12. The van der Waals surface area contributed by atoms with Gasteiger partial charge >= 0.3 is 25.7 Å². The second-order valence-corrected chi connectivity index (χ2v) is 17.4. The van der Waals surface area contributed by atoms with Crippen LogP contribution in [-0.2, 0) is 42.3 Å². The summed E-state index contributed by atoms with van der Waals surface area (Å²) in [6.07, 6.45) is 27.5. The van der Waals surface area contributed by atoms with Crippen LogP contribution in [-0.4, -0.2) is 88.1 Å². The van der Waals surface area contributed by atoms with Crippen LogP contribution >= 0.6 is 7.82 Å². The molecule has 59 heavy (non-hydrogen) atoms. The lowest BCUT2D eigenvalue weighted by Crippen LogP contribution is -2.34. The van der Waals surface area contributed by atoms with Gasteiger partial charge in [0.25, 0.3) is 0 Å². The molecule has 1 rings (SSSR count). The number of unbranched alkanes of at least 4 members (excludes halogenated alkanes) is 17. The van der Waals surface area contributed by atoms with Gasteiger partial charge < -0.3 is 35.4 Å². The first-order valence-corrected chi connectivity index (χ1v) is 24.0. The number of nitrogens with two attached hydrogens (primary N) is 1. The number of allylic oxidation sites excluding steroid dienone is 3. The van der Waals surface area contributed by atoms with Crippen molar-refractivity contribution in [2.75, 3.05) is 19.8 Å². The number of ether oxygens (including phenoxy) is 2. The first kappa shape index (κ1) is 54.6. The molecule has 0 aromatic carbocycles. The minimum Gasteiger partial charge on any atom is -0.480 e. The van der Waals surface area contributed by atoms with Gasteiger partial charge in [-0.15, -0.1) is 0 Å². The number of aliphatic hydroxyl groups is 2. The molecular formula is C44H78NO13P. The van der Waals surface area contributed by atoms with Crippen molar-refractivity contribution in [3.05, 3.63) is 24.3 Å². The number of phosphoric ester groups is 1. The molecule has 0 aromatic rings. The Morgan fingerprint density at radius 2 is 1.32 bits per heavy atom. The Balaban J connectivity index is 2.49. The van der Waals surface area contributed by atoms with Gasteiger partial charge in [-0.1, -0.05) is 147 Å². The molecule has 1 fully saturated rings. The molecule has 6 N–H and O–H groups in total. The van der Waals surface area contributed by atoms with Gasteiger partial charge in [-0.25, -0.2) is 4.57 Å². The normalized spacial score (nSPS) is 19.6. The first-order valence-electron chi connectivity index (χ1n) is 22.5. The summed E-state index contributed by atoms with van der Waals surface area (Å²) in [5.74, 6) is -3.41. The number of carboxylic acids is 1. The molecule has 0 saturated heterocycles. The molecule has 0 heterocycles. The van der Waals surface area contributed by atoms with Gasteiger partial charge in [0.05, 0.1) is 25.4 Å². The maximum Gasteiger partial charge on any atom is 0.472 e. The Kier molecular flexibility index (Phi) is 31.6. The van der Waals surface area contributed by atoms with Crippen molar-refractivity contribution in [3.63, 3.8) is 0 Å². The molecular weight excluding hydrogens is 781 g/mol. The van der Waals surface area contributed by atoms with Crippen molar-refractivity contribution in [2.45, 2.75) is 199 Å². The number of carbonyl (C=O) groups excluding carboxylic acids is 3. The SMILES string of the molecule is CCCCCCCCCCCCCCCCCC(=O)O[C@H](COC(=O)CCC/C=C\C[C@H]1[C@@H](O)CC(=O)[C@@H]1/C=C/[C@@H](O)CCCCC)COP(=O)(O)OC[C@H](N)C(=O)O. The third kappa shape index (κ3) is 28.7. The van der Waals surface area contributed by atoms with Crippen LogP contribution in [0, 0.1) is 11.8 Å². The predicted octanol–water partition coefficient (Wildman–Crippen LogP) is 8.43. The number of aliphatic hydroxyl groups excluding tert-OH is 2. The Morgan fingerprint density at radius 3 is 1.92 bits per heavy atom. The molecule has 0 aromatic heterocycles. The lowest BCUT2D eigenvalue weighted by atomic mass is 9.90. The summed E-state index contributed by atoms with van der Waals surface area (Å²) in [7, 11) is -4.78. The summed E-state index contributed by atoms with van der Waals surface area (Å²) in [5.41, 5.74) is 5.33. The molecule has 1 unspecified atom stereocenters. The van der Waals surface area contributed by atoms with Crippen LogP contribution in [0.5, 0.6) is 0 Å². The average Bonchev–Trinajstić information content (AvgIpc) is 3.47. The number of phosphoric acid groups is 1. The Hall–Kier alpha value is -2.45. The van der Waals surface area contributed by atoms with Crippen molar-refractivity contribution in [3.8, 4) is 0 Å². The lowest BCUT2D eigenvalue weighted by Gasteiger charge is -2.20. The molecule has 0 spiro atoms. The van der Waals surface area contributed by atoms with Gasteiger partial charge in [-0.05, 0) is 32.1 Å². The molecule has 0 radical (unpaired) electrons. The zero-order valence-electron chi connectivity index (χ0n) is 36.1. The van der Waals surface area contributed by atoms with Crippen LogP contribution in [0.15, 0.2) is 24.3 Å². The molecule has 1 saturated carbocycles. The number of aliphatic carboxylic acids is 1. The van der Waals surface area contributed by atoms with Crippen LogP contribution < -0.4 is 5.73 Å². The summed E-state index contributed by atoms with van der Waals surface area (Å²) in [6, 6.07) is -1.56. The molecule has 0 amide bonds. The number of hydrogen-bond donors (Lipinski definition) is 5. The number of Topliss-reactive ketones (excluding diaryl/α,β-unsaturated/α-hetero) is 1. The van der Waals surface area contributed by atoms with Crippen LogP contribution in [0.3, 0.4) is 0 Å². The van der Waals surface area contributed by atoms with Crippen LogP contribution in [0.1, 0.15) is 174 Å². The predicted molar refractivity (Wildman–Crippen MR) is 227 cm³/mol. The zero-order valence-corrected chi connectivity index (χ0v) is 37.0. The van der Waals surface area contributed by atoms with Gasteiger partial charge in [0.15, 0.2) is 6.10 Å². The average molecular weight is 860 g/mol. The smallest absolute Gasteiger partial charge is 0.472 e. The Labute approximate surface area is 353 Å². The molecule has 0 bridgehead atoms. The topological polar surface area (TPSA) is 229 Å². The molecule has 7 atom stereocenters. The largest absolute Gasteiger partial charge is 0.480 e. The first-order chi connectivity index (χ1) is 28.3. The van der Waals surface area contributed by atoms with Crippen molar-refractivity contribution >= 4 is 31.5 Å². The number of rotatable bonds is 38. The maximum atomic E-state index is 12.7. The molecule has 1 aliphatic rings. The van der Waals surface area contributed by atoms with E-state index in [2.05, 4.69) is 18.4 Å². The molecule has 342 valence electrons. The number of esters is 2. The van der Waals surface area contributed by atoms with E-state index in [9.17, 15) is 38.8 Å². The van der Waals surface area contributed by atoms with E-state index in [0.29, 0.717) is 32.1 Å². The molecule has 14 nitrogen and oxygen atoms in total.